The predicted octanol–water partition coefficient (Wildman–Crippen LogP) is 5.76. The van der Waals surface area contributed by atoms with Gasteiger partial charge < -0.3 is 24.1 Å². The molecule has 1 amide bonds. The van der Waals surface area contributed by atoms with E-state index in [4.69, 9.17) is 13.9 Å². The highest BCUT2D eigenvalue weighted by Gasteiger charge is 2.28. The van der Waals surface area contributed by atoms with E-state index < -0.39 is 0 Å². The first-order valence-corrected chi connectivity index (χ1v) is 15.5. The van der Waals surface area contributed by atoms with Crippen molar-refractivity contribution in [2.75, 3.05) is 52.5 Å². The van der Waals surface area contributed by atoms with Gasteiger partial charge in [-0.15, -0.1) is 0 Å². The summed E-state index contributed by atoms with van der Waals surface area (Å²) >= 11 is 0. The molecule has 2 aliphatic rings. The Morgan fingerprint density at radius 1 is 0.814 bits per heavy atom. The summed E-state index contributed by atoms with van der Waals surface area (Å²) in [6.45, 7) is 6.30. The van der Waals surface area contributed by atoms with Gasteiger partial charge in [0.1, 0.15) is 17.6 Å². The first-order valence-electron chi connectivity index (χ1n) is 15.5. The van der Waals surface area contributed by atoms with Gasteiger partial charge in [0, 0.05) is 45.2 Å². The van der Waals surface area contributed by atoms with E-state index in [1.165, 1.54) is 11.1 Å². The number of morpholine rings is 1. The van der Waals surface area contributed by atoms with Gasteiger partial charge in [0.15, 0.2) is 0 Å². The van der Waals surface area contributed by atoms with Crippen LogP contribution in [0.3, 0.4) is 0 Å². The van der Waals surface area contributed by atoms with Crippen molar-refractivity contribution in [1.82, 2.24) is 15.1 Å². The third kappa shape index (κ3) is 7.54. The molecule has 2 aliphatic heterocycles. The Balaban J connectivity index is 1.06. The lowest BCUT2D eigenvalue weighted by Crippen LogP contribution is -2.43. The molecule has 1 unspecified atom stereocenters. The van der Waals surface area contributed by atoms with Crippen LogP contribution in [0.5, 0.6) is 5.75 Å². The predicted molar refractivity (Wildman–Crippen MR) is 167 cm³/mol. The van der Waals surface area contributed by atoms with Crippen LogP contribution in [-0.4, -0.2) is 74.3 Å². The monoisotopic (exact) mass is 579 g/mol. The summed E-state index contributed by atoms with van der Waals surface area (Å²) in [5.74, 6) is 1.68. The van der Waals surface area contributed by atoms with E-state index in [2.05, 4.69) is 75.8 Å². The largest absolute Gasteiger partial charge is 0.489 e. The number of likely N-dealkylation sites (tertiary alicyclic amines) is 1. The molecule has 6 rings (SSSR count). The molecule has 2 saturated heterocycles. The number of furan rings is 1. The van der Waals surface area contributed by atoms with Crippen molar-refractivity contribution >= 4 is 5.91 Å². The molecule has 0 radical (unpaired) electrons. The highest BCUT2D eigenvalue weighted by molar-refractivity contribution is 5.96. The maximum atomic E-state index is 13.4. The Hall–Kier alpha value is -3.91. The maximum Gasteiger partial charge on any atom is 0.255 e. The summed E-state index contributed by atoms with van der Waals surface area (Å²) in [5.41, 5.74) is 3.25. The van der Waals surface area contributed by atoms with E-state index >= 15 is 0 Å². The Kier molecular flexibility index (Phi) is 9.85. The van der Waals surface area contributed by atoms with Gasteiger partial charge in [-0.3, -0.25) is 9.69 Å². The van der Waals surface area contributed by atoms with E-state index in [9.17, 15) is 4.79 Å². The van der Waals surface area contributed by atoms with Crippen LogP contribution in [0.1, 0.15) is 52.0 Å². The Morgan fingerprint density at radius 3 is 2.12 bits per heavy atom. The van der Waals surface area contributed by atoms with Gasteiger partial charge in [0.25, 0.3) is 5.91 Å². The SMILES string of the molecule is O=C(NCC(c1ccco1)N1CCOCC1)c1ccccc1OC1CCN(CC(c2ccccc2)c2ccccc2)CC1. The molecular weight excluding hydrogens is 538 g/mol. The second-order valence-corrected chi connectivity index (χ2v) is 11.4. The lowest BCUT2D eigenvalue weighted by atomic mass is 9.90. The van der Waals surface area contributed by atoms with Crippen LogP contribution in [0.4, 0.5) is 0 Å². The van der Waals surface area contributed by atoms with Gasteiger partial charge >= 0.3 is 0 Å². The van der Waals surface area contributed by atoms with Crippen LogP contribution >= 0.6 is 0 Å². The van der Waals surface area contributed by atoms with Gasteiger partial charge in [-0.25, -0.2) is 0 Å². The molecule has 3 aromatic carbocycles. The summed E-state index contributed by atoms with van der Waals surface area (Å²) in [7, 11) is 0. The molecule has 0 saturated carbocycles. The smallest absolute Gasteiger partial charge is 0.255 e. The lowest BCUT2D eigenvalue weighted by molar-refractivity contribution is 0.0118. The molecule has 43 heavy (non-hydrogen) atoms. The first kappa shape index (κ1) is 29.2. The van der Waals surface area contributed by atoms with Gasteiger partial charge in [-0.05, 0) is 48.2 Å². The number of rotatable bonds is 11. The number of para-hydroxylation sites is 1. The number of piperidine rings is 1. The number of amides is 1. The topological polar surface area (TPSA) is 67.2 Å². The lowest BCUT2D eigenvalue weighted by Gasteiger charge is -2.35. The normalized spacial score (nSPS) is 17.5. The number of carbonyl (C=O) groups excluding carboxylic acids is 1. The van der Waals surface area contributed by atoms with Crippen molar-refractivity contribution in [3.05, 3.63) is 126 Å². The minimum atomic E-state index is -0.133. The van der Waals surface area contributed by atoms with E-state index in [1.54, 1.807) is 6.26 Å². The minimum Gasteiger partial charge on any atom is -0.489 e. The Bertz CT molecular complexity index is 1360. The van der Waals surface area contributed by atoms with E-state index in [0.29, 0.717) is 37.0 Å². The van der Waals surface area contributed by atoms with Crippen molar-refractivity contribution in [2.45, 2.75) is 30.9 Å². The Morgan fingerprint density at radius 2 is 1.47 bits per heavy atom. The van der Waals surface area contributed by atoms with Crippen molar-refractivity contribution in [2.24, 2.45) is 0 Å². The van der Waals surface area contributed by atoms with Gasteiger partial charge in [0.2, 0.25) is 0 Å². The van der Waals surface area contributed by atoms with Gasteiger partial charge in [-0.1, -0.05) is 72.8 Å². The molecule has 1 aromatic heterocycles. The average molecular weight is 580 g/mol. The van der Waals surface area contributed by atoms with Crippen LogP contribution in [0.2, 0.25) is 0 Å². The molecule has 1 N–H and O–H groups in total. The zero-order valence-electron chi connectivity index (χ0n) is 24.6. The van der Waals surface area contributed by atoms with E-state index in [-0.39, 0.29) is 18.1 Å². The number of nitrogens with one attached hydrogen (secondary N) is 1. The first-order chi connectivity index (χ1) is 21.2. The number of ether oxygens (including phenoxy) is 2. The molecule has 7 nitrogen and oxygen atoms in total. The van der Waals surface area contributed by atoms with Crippen molar-refractivity contribution in [1.29, 1.82) is 0 Å². The summed E-state index contributed by atoms with van der Waals surface area (Å²) in [6, 6.07) is 33.0. The fourth-order valence-corrected chi connectivity index (χ4v) is 6.24. The summed E-state index contributed by atoms with van der Waals surface area (Å²) in [5, 5.41) is 3.15. The maximum absolute atomic E-state index is 13.4. The summed E-state index contributed by atoms with van der Waals surface area (Å²) in [4.78, 5) is 18.3. The van der Waals surface area contributed by atoms with Crippen LogP contribution in [0.25, 0.3) is 0 Å². The number of nitrogens with zero attached hydrogens (tertiary/aromatic N) is 2. The second-order valence-electron chi connectivity index (χ2n) is 11.4. The molecule has 1 atom stereocenters. The van der Waals surface area contributed by atoms with Gasteiger partial charge in [-0.2, -0.15) is 0 Å². The molecule has 0 bridgehead atoms. The highest BCUT2D eigenvalue weighted by atomic mass is 16.5. The second kappa shape index (κ2) is 14.5. The molecule has 0 aliphatic carbocycles. The van der Waals surface area contributed by atoms with Crippen LogP contribution in [0.15, 0.2) is 108 Å². The molecular formula is C36H41N3O4. The third-order valence-corrected chi connectivity index (χ3v) is 8.62. The Labute approximate surface area is 254 Å². The fraction of sp³-hybridized carbons (Fsp3) is 0.361. The highest BCUT2D eigenvalue weighted by Crippen LogP contribution is 2.29. The van der Waals surface area contributed by atoms with Crippen molar-refractivity contribution < 1.29 is 18.7 Å². The van der Waals surface area contributed by atoms with Crippen LogP contribution < -0.4 is 10.1 Å². The molecule has 0 spiro atoms. The summed E-state index contributed by atoms with van der Waals surface area (Å²) < 4.78 is 17.8. The van der Waals surface area contributed by atoms with Crippen LogP contribution in [0, 0.1) is 0 Å². The third-order valence-electron chi connectivity index (χ3n) is 8.62. The quantitative estimate of drug-likeness (QED) is 0.244. The van der Waals surface area contributed by atoms with Crippen molar-refractivity contribution in [3.63, 3.8) is 0 Å². The van der Waals surface area contributed by atoms with Crippen molar-refractivity contribution in [3.8, 4) is 5.75 Å². The number of carbonyl (C=O) groups is 1. The molecule has 7 heteroatoms. The molecule has 224 valence electrons. The molecule has 2 fully saturated rings. The number of hydrogen-bond donors (Lipinski definition) is 1. The zero-order valence-corrected chi connectivity index (χ0v) is 24.6. The number of benzene rings is 3. The van der Waals surface area contributed by atoms with E-state index in [1.807, 2.05) is 36.4 Å². The standard InChI is InChI=1S/C36H41N3O4/c40-36(37-26-33(35-16-9-23-42-35)39-21-24-41-25-22-39)31-14-7-8-15-34(31)43-30-17-19-38(20-18-30)27-32(28-10-3-1-4-11-28)29-12-5-2-6-13-29/h1-16,23,30,32-33H,17-22,24-27H2,(H,37,40). The van der Waals surface area contributed by atoms with Gasteiger partial charge in [0.05, 0.1) is 31.1 Å². The minimum absolute atomic E-state index is 0.0455. The molecule has 3 heterocycles. The van der Waals surface area contributed by atoms with Crippen LogP contribution in [-0.2, 0) is 4.74 Å². The number of hydrogen-bond acceptors (Lipinski definition) is 6. The van der Waals surface area contributed by atoms with E-state index in [0.717, 1.165) is 51.3 Å². The zero-order chi connectivity index (χ0) is 29.3. The fourth-order valence-electron chi connectivity index (χ4n) is 6.24. The molecule has 4 aromatic rings. The average Bonchev–Trinajstić information content (AvgIpc) is 3.61. The summed E-state index contributed by atoms with van der Waals surface area (Å²) in [6.07, 6.45) is 3.59.